The molecule has 1 unspecified atom stereocenters. The van der Waals surface area contributed by atoms with E-state index in [1.54, 1.807) is 7.11 Å². The van der Waals surface area contributed by atoms with Gasteiger partial charge in [0, 0.05) is 12.6 Å². The normalized spacial score (nSPS) is 12.0. The van der Waals surface area contributed by atoms with Crippen molar-refractivity contribution in [2.75, 3.05) is 7.11 Å². The first-order chi connectivity index (χ1) is 11.5. The molecule has 0 saturated carbocycles. The molecule has 0 radical (unpaired) electrons. The van der Waals surface area contributed by atoms with Gasteiger partial charge in [-0.3, -0.25) is 0 Å². The zero-order valence-corrected chi connectivity index (χ0v) is 15.6. The first kappa shape index (κ1) is 18.6. The van der Waals surface area contributed by atoms with E-state index < -0.39 is 0 Å². The second-order valence-corrected chi connectivity index (χ2v) is 6.48. The number of hydrogen-bond acceptors (Lipinski definition) is 3. The second kappa shape index (κ2) is 8.95. The molecule has 2 rings (SSSR count). The molecule has 1 atom stereocenters. The fourth-order valence-electron chi connectivity index (χ4n) is 2.29. The highest BCUT2D eigenvalue weighted by atomic mass is 35.5. The number of benzene rings is 2. The summed E-state index contributed by atoms with van der Waals surface area (Å²) in [7, 11) is 1.64. The van der Waals surface area contributed by atoms with Gasteiger partial charge in [-0.15, -0.1) is 0 Å². The fourth-order valence-corrected chi connectivity index (χ4v) is 2.58. The van der Waals surface area contributed by atoms with E-state index >= 15 is 0 Å². The highest BCUT2D eigenvalue weighted by molar-refractivity contribution is 6.32. The Morgan fingerprint density at radius 1 is 1.12 bits per heavy atom. The SMILES string of the molecule is CCC(C)NCc1cc(Cl)c(OCc2ccc(C)cc2)c(OC)c1. The van der Waals surface area contributed by atoms with Crippen molar-refractivity contribution >= 4 is 11.6 Å². The first-order valence-electron chi connectivity index (χ1n) is 8.31. The van der Waals surface area contributed by atoms with Gasteiger partial charge in [-0.05, 0) is 43.5 Å². The summed E-state index contributed by atoms with van der Waals surface area (Å²) < 4.78 is 11.4. The maximum absolute atomic E-state index is 6.42. The third kappa shape index (κ3) is 5.15. The molecule has 24 heavy (non-hydrogen) atoms. The van der Waals surface area contributed by atoms with Crippen LogP contribution in [0.15, 0.2) is 36.4 Å². The maximum Gasteiger partial charge on any atom is 0.180 e. The molecule has 3 nitrogen and oxygen atoms in total. The number of nitrogens with one attached hydrogen (secondary N) is 1. The molecular weight excluding hydrogens is 322 g/mol. The van der Waals surface area contributed by atoms with Gasteiger partial charge in [0.1, 0.15) is 6.61 Å². The number of methoxy groups -OCH3 is 1. The molecule has 0 spiro atoms. The van der Waals surface area contributed by atoms with Crippen LogP contribution >= 0.6 is 11.6 Å². The molecular formula is C20H26ClNO2. The Hall–Kier alpha value is -1.71. The fraction of sp³-hybridized carbons (Fsp3) is 0.400. The van der Waals surface area contributed by atoms with E-state index in [-0.39, 0.29) is 0 Å². The van der Waals surface area contributed by atoms with Crippen molar-refractivity contribution in [3.8, 4) is 11.5 Å². The van der Waals surface area contributed by atoms with Gasteiger partial charge in [-0.25, -0.2) is 0 Å². The summed E-state index contributed by atoms with van der Waals surface area (Å²) in [5, 5.41) is 4.03. The van der Waals surface area contributed by atoms with Crippen molar-refractivity contribution in [1.29, 1.82) is 0 Å². The smallest absolute Gasteiger partial charge is 0.180 e. The van der Waals surface area contributed by atoms with Crippen molar-refractivity contribution < 1.29 is 9.47 Å². The summed E-state index contributed by atoms with van der Waals surface area (Å²) in [5.41, 5.74) is 3.41. The van der Waals surface area contributed by atoms with Crippen molar-refractivity contribution in [1.82, 2.24) is 5.32 Å². The minimum absolute atomic E-state index is 0.459. The Bertz CT molecular complexity index is 655. The number of aryl methyl sites for hydroxylation is 1. The van der Waals surface area contributed by atoms with Gasteiger partial charge in [0.2, 0.25) is 0 Å². The molecule has 2 aromatic rings. The largest absolute Gasteiger partial charge is 0.493 e. The van der Waals surface area contributed by atoms with Crippen LogP contribution < -0.4 is 14.8 Å². The summed E-state index contributed by atoms with van der Waals surface area (Å²) in [6.45, 7) is 7.60. The maximum atomic E-state index is 6.42. The molecule has 0 aliphatic rings. The van der Waals surface area contributed by atoms with E-state index in [4.69, 9.17) is 21.1 Å². The third-order valence-corrected chi connectivity index (χ3v) is 4.34. The lowest BCUT2D eigenvalue weighted by Crippen LogP contribution is -2.24. The Labute approximate surface area is 149 Å². The molecule has 0 fully saturated rings. The average molecular weight is 348 g/mol. The van der Waals surface area contributed by atoms with E-state index in [9.17, 15) is 0 Å². The number of ether oxygens (including phenoxy) is 2. The average Bonchev–Trinajstić information content (AvgIpc) is 2.59. The molecule has 2 aromatic carbocycles. The Kier molecular flexibility index (Phi) is 6.95. The van der Waals surface area contributed by atoms with Gasteiger partial charge in [-0.2, -0.15) is 0 Å². The lowest BCUT2D eigenvalue weighted by Gasteiger charge is -2.16. The van der Waals surface area contributed by atoms with Crippen LogP contribution in [-0.4, -0.2) is 13.2 Å². The van der Waals surface area contributed by atoms with Gasteiger partial charge in [0.15, 0.2) is 11.5 Å². The molecule has 0 aliphatic heterocycles. The summed E-state index contributed by atoms with van der Waals surface area (Å²) in [5.74, 6) is 1.25. The number of rotatable bonds is 8. The van der Waals surface area contributed by atoms with Gasteiger partial charge < -0.3 is 14.8 Å². The molecule has 0 aromatic heterocycles. The van der Waals surface area contributed by atoms with Crippen molar-refractivity contribution in [3.05, 3.63) is 58.1 Å². The minimum atomic E-state index is 0.459. The summed E-state index contributed by atoms with van der Waals surface area (Å²) in [6.07, 6.45) is 1.09. The van der Waals surface area contributed by atoms with Crippen molar-refractivity contribution in [3.63, 3.8) is 0 Å². The summed E-state index contributed by atoms with van der Waals surface area (Å²) >= 11 is 6.42. The monoisotopic (exact) mass is 347 g/mol. The van der Waals surface area contributed by atoms with Crippen LogP contribution in [0.5, 0.6) is 11.5 Å². The Morgan fingerprint density at radius 3 is 2.46 bits per heavy atom. The van der Waals surface area contributed by atoms with Crippen LogP contribution in [0.2, 0.25) is 5.02 Å². The van der Waals surface area contributed by atoms with E-state index in [0.29, 0.717) is 29.2 Å². The van der Waals surface area contributed by atoms with Crippen molar-refractivity contribution in [2.24, 2.45) is 0 Å². The second-order valence-electron chi connectivity index (χ2n) is 6.07. The first-order valence-corrected chi connectivity index (χ1v) is 8.69. The van der Waals surface area contributed by atoms with Gasteiger partial charge in [-0.1, -0.05) is 48.4 Å². The Morgan fingerprint density at radius 2 is 1.83 bits per heavy atom. The third-order valence-electron chi connectivity index (χ3n) is 4.06. The zero-order chi connectivity index (χ0) is 17.5. The minimum Gasteiger partial charge on any atom is -0.493 e. The lowest BCUT2D eigenvalue weighted by molar-refractivity contribution is 0.284. The number of halogens is 1. The van der Waals surface area contributed by atoms with Crippen molar-refractivity contribution in [2.45, 2.75) is 46.4 Å². The predicted molar refractivity (Wildman–Crippen MR) is 100 cm³/mol. The van der Waals surface area contributed by atoms with Gasteiger partial charge in [0.05, 0.1) is 12.1 Å². The summed E-state index contributed by atoms with van der Waals surface area (Å²) in [4.78, 5) is 0. The lowest BCUT2D eigenvalue weighted by atomic mass is 10.1. The molecule has 4 heteroatoms. The van der Waals surface area contributed by atoms with E-state index in [1.165, 1.54) is 5.56 Å². The predicted octanol–water partition coefficient (Wildman–Crippen LogP) is 5.12. The van der Waals surface area contributed by atoms with Crippen LogP contribution in [0.3, 0.4) is 0 Å². The quantitative estimate of drug-likeness (QED) is 0.718. The van der Waals surface area contributed by atoms with Gasteiger partial charge >= 0.3 is 0 Å². The van der Waals surface area contributed by atoms with Crippen LogP contribution in [0.25, 0.3) is 0 Å². The Balaban J connectivity index is 2.10. The van der Waals surface area contributed by atoms with E-state index in [0.717, 1.165) is 24.1 Å². The van der Waals surface area contributed by atoms with Crippen LogP contribution in [0.4, 0.5) is 0 Å². The molecule has 1 N–H and O–H groups in total. The molecule has 0 aliphatic carbocycles. The molecule has 0 heterocycles. The standard InChI is InChI=1S/C20H26ClNO2/c1-5-15(3)22-12-17-10-18(21)20(19(11-17)23-4)24-13-16-8-6-14(2)7-9-16/h6-11,15,22H,5,12-13H2,1-4H3. The highest BCUT2D eigenvalue weighted by Gasteiger charge is 2.13. The zero-order valence-electron chi connectivity index (χ0n) is 14.9. The molecule has 0 bridgehead atoms. The topological polar surface area (TPSA) is 30.5 Å². The van der Waals surface area contributed by atoms with Crippen LogP contribution in [-0.2, 0) is 13.2 Å². The van der Waals surface area contributed by atoms with Crippen LogP contribution in [0, 0.1) is 6.92 Å². The molecule has 0 saturated heterocycles. The van der Waals surface area contributed by atoms with E-state index in [2.05, 4.69) is 50.4 Å². The molecule has 130 valence electrons. The number of hydrogen-bond donors (Lipinski definition) is 1. The summed E-state index contributed by atoms with van der Waals surface area (Å²) in [6, 6.07) is 12.6. The van der Waals surface area contributed by atoms with E-state index in [1.807, 2.05) is 12.1 Å². The van der Waals surface area contributed by atoms with Crippen LogP contribution in [0.1, 0.15) is 37.0 Å². The molecule has 0 amide bonds. The van der Waals surface area contributed by atoms with Gasteiger partial charge in [0.25, 0.3) is 0 Å². The highest BCUT2D eigenvalue weighted by Crippen LogP contribution is 2.37.